The molecule has 1 aliphatic heterocycles. The lowest BCUT2D eigenvalue weighted by molar-refractivity contribution is -0.117. The number of carbonyl (C=O) groups excluding carboxylic acids is 1. The molecule has 0 spiro atoms. The third-order valence-electron chi connectivity index (χ3n) is 5.10. The Morgan fingerprint density at radius 3 is 2.52 bits per heavy atom. The van der Waals surface area contributed by atoms with Crippen molar-refractivity contribution in [2.24, 2.45) is 5.73 Å². The molecular formula is C21H22FN5O4S2. The van der Waals surface area contributed by atoms with E-state index in [1.165, 1.54) is 28.6 Å². The molecule has 1 fully saturated rings. The molecule has 1 aromatic heterocycles. The number of ether oxygens (including phenoxy) is 1. The number of nitrogens with zero attached hydrogens (tertiary/aromatic N) is 4. The minimum Gasteiger partial charge on any atom is -0.379 e. The second kappa shape index (κ2) is 9.59. The van der Waals surface area contributed by atoms with Crippen molar-refractivity contribution in [2.75, 3.05) is 26.3 Å². The quantitative estimate of drug-likeness (QED) is 0.502. The number of primary amides is 1. The second-order valence-electron chi connectivity index (χ2n) is 7.32. The maximum Gasteiger partial charge on any atom is 0.243 e. The Kier molecular flexibility index (Phi) is 6.79. The van der Waals surface area contributed by atoms with Gasteiger partial charge in [0.25, 0.3) is 0 Å². The average molecular weight is 492 g/mol. The molecule has 174 valence electrons. The summed E-state index contributed by atoms with van der Waals surface area (Å²) < 4.78 is 48.1. The number of carbonyl (C=O) groups is 1. The number of hydrogen-bond donors (Lipinski definition) is 1. The number of benzene rings is 2. The summed E-state index contributed by atoms with van der Waals surface area (Å²) in [6.07, 6.45) is 0. The minimum atomic E-state index is -3.72. The number of halogens is 1. The van der Waals surface area contributed by atoms with E-state index in [9.17, 15) is 17.6 Å². The van der Waals surface area contributed by atoms with E-state index in [1.807, 2.05) is 0 Å². The summed E-state index contributed by atoms with van der Waals surface area (Å²) in [5.41, 5.74) is 6.45. The minimum absolute atomic E-state index is 0.121. The van der Waals surface area contributed by atoms with Crippen molar-refractivity contribution in [3.63, 3.8) is 0 Å². The van der Waals surface area contributed by atoms with Crippen molar-refractivity contribution in [1.29, 1.82) is 0 Å². The maximum atomic E-state index is 13.5. The van der Waals surface area contributed by atoms with Crippen LogP contribution in [-0.2, 0) is 19.6 Å². The van der Waals surface area contributed by atoms with Crippen LogP contribution in [0, 0.1) is 5.82 Å². The molecule has 1 amide bonds. The van der Waals surface area contributed by atoms with Gasteiger partial charge in [-0.2, -0.15) is 4.31 Å². The van der Waals surface area contributed by atoms with Gasteiger partial charge in [0.05, 0.1) is 23.4 Å². The molecule has 1 unspecified atom stereocenters. The number of rotatable bonds is 7. The van der Waals surface area contributed by atoms with E-state index < -0.39 is 27.0 Å². The number of amides is 1. The van der Waals surface area contributed by atoms with Gasteiger partial charge in [-0.15, -0.1) is 10.2 Å². The molecule has 33 heavy (non-hydrogen) atoms. The summed E-state index contributed by atoms with van der Waals surface area (Å²) in [4.78, 5) is 11.7. The lowest BCUT2D eigenvalue weighted by Gasteiger charge is -2.26. The standard InChI is InChI=1S/C21H22FN5O4S2/c1-14(19(23)28)32-21-25-24-20(27(21)17-7-5-16(22)6-8-17)15-3-2-4-18(13-15)33(29,30)26-9-11-31-12-10-26/h2-8,13-14H,9-12H2,1H3,(H2,23,28). The normalized spacial score (nSPS) is 15.9. The predicted molar refractivity (Wildman–Crippen MR) is 121 cm³/mol. The molecule has 1 saturated heterocycles. The third kappa shape index (κ3) is 4.93. The molecule has 0 saturated carbocycles. The lowest BCUT2D eigenvalue weighted by atomic mass is 10.2. The molecule has 0 bridgehead atoms. The van der Waals surface area contributed by atoms with E-state index in [-0.39, 0.29) is 18.0 Å². The summed E-state index contributed by atoms with van der Waals surface area (Å²) >= 11 is 1.11. The maximum absolute atomic E-state index is 13.5. The van der Waals surface area contributed by atoms with Crippen LogP contribution in [0.2, 0.25) is 0 Å². The molecule has 3 aromatic rings. The fourth-order valence-electron chi connectivity index (χ4n) is 3.30. The van der Waals surface area contributed by atoms with Crippen LogP contribution in [0.15, 0.2) is 58.6 Å². The predicted octanol–water partition coefficient (Wildman–Crippen LogP) is 2.06. The van der Waals surface area contributed by atoms with Gasteiger partial charge in [-0.05, 0) is 43.3 Å². The van der Waals surface area contributed by atoms with E-state index in [0.29, 0.717) is 35.4 Å². The average Bonchev–Trinajstić information content (AvgIpc) is 3.23. The van der Waals surface area contributed by atoms with Crippen LogP contribution >= 0.6 is 11.8 Å². The first-order valence-corrected chi connectivity index (χ1v) is 12.4. The number of aromatic nitrogens is 3. The molecule has 0 aliphatic carbocycles. The lowest BCUT2D eigenvalue weighted by Crippen LogP contribution is -2.40. The highest BCUT2D eigenvalue weighted by Gasteiger charge is 2.27. The van der Waals surface area contributed by atoms with Crippen molar-refractivity contribution >= 4 is 27.7 Å². The molecule has 1 atom stereocenters. The molecule has 4 rings (SSSR count). The van der Waals surface area contributed by atoms with E-state index in [4.69, 9.17) is 10.5 Å². The molecule has 0 radical (unpaired) electrons. The largest absolute Gasteiger partial charge is 0.379 e. The number of thioether (sulfide) groups is 1. The van der Waals surface area contributed by atoms with Crippen LogP contribution in [0.3, 0.4) is 0 Å². The third-order valence-corrected chi connectivity index (χ3v) is 8.06. The number of nitrogens with two attached hydrogens (primary N) is 1. The highest BCUT2D eigenvalue weighted by atomic mass is 32.2. The van der Waals surface area contributed by atoms with Crippen LogP contribution in [0.5, 0.6) is 0 Å². The van der Waals surface area contributed by atoms with Gasteiger partial charge in [-0.25, -0.2) is 12.8 Å². The number of sulfonamides is 1. The Morgan fingerprint density at radius 2 is 1.85 bits per heavy atom. The van der Waals surface area contributed by atoms with Crippen LogP contribution < -0.4 is 5.73 Å². The van der Waals surface area contributed by atoms with Crippen molar-refractivity contribution in [2.45, 2.75) is 22.2 Å². The van der Waals surface area contributed by atoms with Crippen molar-refractivity contribution in [1.82, 2.24) is 19.1 Å². The molecule has 2 heterocycles. The summed E-state index contributed by atoms with van der Waals surface area (Å²) in [6, 6.07) is 12.1. The Morgan fingerprint density at radius 1 is 1.15 bits per heavy atom. The summed E-state index contributed by atoms with van der Waals surface area (Å²) in [6.45, 7) is 2.90. The fraction of sp³-hybridized carbons (Fsp3) is 0.286. The number of morpholine rings is 1. The molecule has 9 nitrogen and oxygen atoms in total. The summed E-state index contributed by atoms with van der Waals surface area (Å²) in [7, 11) is -3.72. The van der Waals surface area contributed by atoms with E-state index in [1.54, 1.807) is 35.8 Å². The van der Waals surface area contributed by atoms with Gasteiger partial charge >= 0.3 is 0 Å². The monoisotopic (exact) mass is 491 g/mol. The van der Waals surface area contributed by atoms with Gasteiger partial charge in [0, 0.05) is 24.3 Å². The smallest absolute Gasteiger partial charge is 0.243 e. The van der Waals surface area contributed by atoms with E-state index >= 15 is 0 Å². The van der Waals surface area contributed by atoms with Gasteiger partial charge in [0.2, 0.25) is 15.9 Å². The fourth-order valence-corrected chi connectivity index (χ4v) is 5.58. The van der Waals surface area contributed by atoms with Gasteiger partial charge < -0.3 is 10.5 Å². The first-order chi connectivity index (χ1) is 15.8. The molecular weight excluding hydrogens is 469 g/mol. The Balaban J connectivity index is 1.79. The van der Waals surface area contributed by atoms with Crippen molar-refractivity contribution in [3.05, 3.63) is 54.3 Å². The highest BCUT2D eigenvalue weighted by molar-refractivity contribution is 8.00. The van der Waals surface area contributed by atoms with Crippen molar-refractivity contribution in [3.8, 4) is 17.1 Å². The SMILES string of the molecule is CC(Sc1nnc(-c2cccc(S(=O)(=O)N3CCOCC3)c2)n1-c1ccc(F)cc1)C(N)=O. The van der Waals surface area contributed by atoms with Crippen LogP contribution in [0.1, 0.15) is 6.92 Å². The zero-order valence-corrected chi connectivity index (χ0v) is 19.4. The van der Waals surface area contributed by atoms with Crippen LogP contribution in [0.4, 0.5) is 4.39 Å². The summed E-state index contributed by atoms with van der Waals surface area (Å²) in [5, 5.41) is 8.22. The van der Waals surface area contributed by atoms with Gasteiger partial charge in [0.1, 0.15) is 5.82 Å². The van der Waals surface area contributed by atoms with E-state index in [2.05, 4.69) is 10.2 Å². The summed E-state index contributed by atoms with van der Waals surface area (Å²) in [5.74, 6) is -0.583. The number of hydrogen-bond acceptors (Lipinski definition) is 7. The Hall–Kier alpha value is -2.80. The second-order valence-corrected chi connectivity index (χ2v) is 10.6. The molecule has 2 aromatic carbocycles. The Bertz CT molecular complexity index is 1260. The van der Waals surface area contributed by atoms with Crippen LogP contribution in [-0.4, -0.2) is 64.9 Å². The highest BCUT2D eigenvalue weighted by Crippen LogP contribution is 2.31. The van der Waals surface area contributed by atoms with E-state index in [0.717, 1.165) is 11.8 Å². The molecule has 1 aliphatic rings. The topological polar surface area (TPSA) is 120 Å². The van der Waals surface area contributed by atoms with Crippen molar-refractivity contribution < 1.29 is 22.3 Å². The van der Waals surface area contributed by atoms with Gasteiger partial charge in [0.15, 0.2) is 11.0 Å². The van der Waals surface area contributed by atoms with Gasteiger partial charge in [-0.3, -0.25) is 9.36 Å². The van der Waals surface area contributed by atoms with Crippen LogP contribution in [0.25, 0.3) is 17.1 Å². The zero-order valence-electron chi connectivity index (χ0n) is 17.7. The molecule has 2 N–H and O–H groups in total. The Labute approximate surface area is 194 Å². The van der Waals surface area contributed by atoms with Gasteiger partial charge in [-0.1, -0.05) is 23.9 Å². The first-order valence-electron chi connectivity index (χ1n) is 10.1. The molecule has 12 heteroatoms. The zero-order chi connectivity index (χ0) is 23.6. The first kappa shape index (κ1) is 23.4.